The molecule has 0 aliphatic carbocycles. The first kappa shape index (κ1) is 12.2. The zero-order chi connectivity index (χ0) is 12.1. The monoisotopic (exact) mass is 223 g/mol. The molecule has 1 rings (SSSR count). The van der Waals surface area contributed by atoms with E-state index in [4.69, 9.17) is 15.6 Å². The molecule has 5 heteroatoms. The van der Waals surface area contributed by atoms with Crippen molar-refractivity contribution in [2.24, 2.45) is 5.73 Å². The van der Waals surface area contributed by atoms with E-state index in [0.717, 1.165) is 0 Å². The highest BCUT2D eigenvalue weighted by atomic mass is 16.5. The summed E-state index contributed by atoms with van der Waals surface area (Å²) in [6.07, 6.45) is -0.870. The average Bonchev–Trinajstić information content (AvgIpc) is 2.28. The van der Waals surface area contributed by atoms with Crippen molar-refractivity contribution >= 4 is 11.9 Å². The molecule has 0 heterocycles. The Morgan fingerprint density at radius 3 is 2.38 bits per heavy atom. The van der Waals surface area contributed by atoms with Gasteiger partial charge in [-0.1, -0.05) is 18.2 Å². The molecule has 0 aromatic heterocycles. The minimum Gasteiger partial charge on any atom is -0.480 e. The van der Waals surface area contributed by atoms with Gasteiger partial charge < -0.3 is 15.6 Å². The van der Waals surface area contributed by atoms with Crippen molar-refractivity contribution in [1.29, 1.82) is 0 Å². The SMILES string of the molecule is CC(OC(=O)c1ccccc1)C(N)C(=O)O. The molecule has 2 unspecified atom stereocenters. The molecule has 0 radical (unpaired) electrons. The van der Waals surface area contributed by atoms with Crippen LogP contribution in [0.3, 0.4) is 0 Å². The Morgan fingerprint density at radius 2 is 1.88 bits per heavy atom. The van der Waals surface area contributed by atoms with Crippen molar-refractivity contribution in [3.63, 3.8) is 0 Å². The zero-order valence-corrected chi connectivity index (χ0v) is 8.79. The normalized spacial score (nSPS) is 13.9. The molecule has 0 fully saturated rings. The summed E-state index contributed by atoms with van der Waals surface area (Å²) < 4.78 is 4.91. The predicted octanol–water partition coefficient (Wildman–Crippen LogP) is 0.644. The van der Waals surface area contributed by atoms with Crippen LogP contribution in [0.15, 0.2) is 30.3 Å². The molecular weight excluding hydrogens is 210 g/mol. The molecule has 0 saturated heterocycles. The molecule has 0 spiro atoms. The fourth-order valence-electron chi connectivity index (χ4n) is 1.09. The lowest BCUT2D eigenvalue weighted by atomic mass is 10.2. The Hall–Kier alpha value is -1.88. The number of hydrogen-bond acceptors (Lipinski definition) is 4. The van der Waals surface area contributed by atoms with Gasteiger partial charge in [-0.05, 0) is 19.1 Å². The maximum absolute atomic E-state index is 11.5. The topological polar surface area (TPSA) is 89.6 Å². The predicted molar refractivity (Wildman–Crippen MR) is 56.9 cm³/mol. The summed E-state index contributed by atoms with van der Waals surface area (Å²) in [5, 5.41) is 8.62. The van der Waals surface area contributed by atoms with Gasteiger partial charge in [0, 0.05) is 0 Å². The molecule has 16 heavy (non-hydrogen) atoms. The van der Waals surface area contributed by atoms with Gasteiger partial charge in [0.2, 0.25) is 0 Å². The van der Waals surface area contributed by atoms with E-state index in [0.29, 0.717) is 5.56 Å². The molecule has 0 bridgehead atoms. The van der Waals surface area contributed by atoms with E-state index in [2.05, 4.69) is 0 Å². The lowest BCUT2D eigenvalue weighted by Gasteiger charge is -2.16. The number of carbonyl (C=O) groups is 2. The summed E-state index contributed by atoms with van der Waals surface area (Å²) in [6, 6.07) is 7.11. The zero-order valence-electron chi connectivity index (χ0n) is 8.79. The number of carboxylic acid groups (broad SMARTS) is 1. The summed E-state index contributed by atoms with van der Waals surface area (Å²) in [6.45, 7) is 1.44. The van der Waals surface area contributed by atoms with Crippen LogP contribution in [0.1, 0.15) is 17.3 Å². The number of carbonyl (C=O) groups excluding carboxylic acids is 1. The quantitative estimate of drug-likeness (QED) is 0.731. The van der Waals surface area contributed by atoms with Crippen LogP contribution in [0.4, 0.5) is 0 Å². The van der Waals surface area contributed by atoms with E-state index in [9.17, 15) is 9.59 Å². The highest BCUT2D eigenvalue weighted by Crippen LogP contribution is 2.05. The van der Waals surface area contributed by atoms with E-state index in [-0.39, 0.29) is 0 Å². The van der Waals surface area contributed by atoms with E-state index in [1.807, 2.05) is 0 Å². The van der Waals surface area contributed by atoms with Gasteiger partial charge in [0.25, 0.3) is 0 Å². The Morgan fingerprint density at radius 1 is 1.31 bits per heavy atom. The molecular formula is C11H13NO4. The molecule has 0 aliphatic heterocycles. The van der Waals surface area contributed by atoms with Crippen LogP contribution in [0.2, 0.25) is 0 Å². The fraction of sp³-hybridized carbons (Fsp3) is 0.273. The summed E-state index contributed by atoms with van der Waals surface area (Å²) in [4.78, 5) is 22.1. The Balaban J connectivity index is 2.62. The minimum absolute atomic E-state index is 0.368. The smallest absolute Gasteiger partial charge is 0.338 e. The van der Waals surface area contributed by atoms with Crippen LogP contribution < -0.4 is 5.73 Å². The van der Waals surface area contributed by atoms with Gasteiger partial charge in [0.1, 0.15) is 12.1 Å². The van der Waals surface area contributed by atoms with Crippen molar-refractivity contribution < 1.29 is 19.4 Å². The molecule has 86 valence electrons. The lowest BCUT2D eigenvalue weighted by Crippen LogP contribution is -2.42. The maximum atomic E-state index is 11.5. The number of hydrogen-bond donors (Lipinski definition) is 2. The number of rotatable bonds is 4. The standard InChI is InChI=1S/C11H13NO4/c1-7(9(12)10(13)14)16-11(15)8-5-3-2-4-6-8/h2-7,9H,12H2,1H3,(H,13,14). The molecule has 2 atom stereocenters. The first-order valence-corrected chi connectivity index (χ1v) is 4.77. The number of benzene rings is 1. The van der Waals surface area contributed by atoms with Crippen LogP contribution in [0.25, 0.3) is 0 Å². The molecule has 0 amide bonds. The summed E-state index contributed by atoms with van der Waals surface area (Å²) in [5.41, 5.74) is 5.68. The third-order valence-corrected chi connectivity index (χ3v) is 2.09. The Bertz CT molecular complexity index is 377. The van der Waals surface area contributed by atoms with Gasteiger partial charge >= 0.3 is 11.9 Å². The highest BCUT2D eigenvalue weighted by molar-refractivity contribution is 5.89. The van der Waals surface area contributed by atoms with Gasteiger partial charge in [-0.3, -0.25) is 4.79 Å². The first-order chi connectivity index (χ1) is 7.52. The van der Waals surface area contributed by atoms with E-state index in [1.54, 1.807) is 30.3 Å². The van der Waals surface area contributed by atoms with Crippen molar-refractivity contribution in [3.05, 3.63) is 35.9 Å². The number of aliphatic carboxylic acids is 1. The second-order valence-electron chi connectivity index (χ2n) is 3.34. The van der Waals surface area contributed by atoms with Gasteiger partial charge in [-0.25, -0.2) is 4.79 Å². The van der Waals surface area contributed by atoms with Crippen molar-refractivity contribution in [2.75, 3.05) is 0 Å². The highest BCUT2D eigenvalue weighted by Gasteiger charge is 2.23. The van der Waals surface area contributed by atoms with E-state index < -0.39 is 24.1 Å². The van der Waals surface area contributed by atoms with Crippen molar-refractivity contribution in [2.45, 2.75) is 19.1 Å². The number of esters is 1. The average molecular weight is 223 g/mol. The van der Waals surface area contributed by atoms with Crippen molar-refractivity contribution in [3.8, 4) is 0 Å². The van der Waals surface area contributed by atoms with Crippen LogP contribution in [0.5, 0.6) is 0 Å². The van der Waals surface area contributed by atoms with Gasteiger partial charge in [0.05, 0.1) is 5.56 Å². The fourth-order valence-corrected chi connectivity index (χ4v) is 1.09. The minimum atomic E-state index is -1.22. The molecule has 3 N–H and O–H groups in total. The molecule has 5 nitrogen and oxygen atoms in total. The number of carboxylic acids is 1. The molecule has 1 aromatic carbocycles. The third-order valence-electron chi connectivity index (χ3n) is 2.09. The first-order valence-electron chi connectivity index (χ1n) is 4.77. The van der Waals surface area contributed by atoms with Crippen LogP contribution in [0, 0.1) is 0 Å². The van der Waals surface area contributed by atoms with Gasteiger partial charge in [0.15, 0.2) is 0 Å². The molecule has 1 aromatic rings. The van der Waals surface area contributed by atoms with E-state index in [1.165, 1.54) is 6.92 Å². The third kappa shape index (κ3) is 3.06. The van der Waals surface area contributed by atoms with Crippen LogP contribution in [-0.4, -0.2) is 29.2 Å². The largest absolute Gasteiger partial charge is 0.480 e. The summed E-state index contributed by atoms with van der Waals surface area (Å²) >= 11 is 0. The Labute approximate surface area is 92.8 Å². The van der Waals surface area contributed by atoms with E-state index >= 15 is 0 Å². The van der Waals surface area contributed by atoms with Gasteiger partial charge in [-0.15, -0.1) is 0 Å². The molecule has 0 aliphatic rings. The number of ether oxygens (including phenoxy) is 1. The molecule has 0 saturated carbocycles. The van der Waals surface area contributed by atoms with Crippen LogP contribution in [-0.2, 0) is 9.53 Å². The Kier molecular flexibility index (Phi) is 4.02. The maximum Gasteiger partial charge on any atom is 0.338 e. The second-order valence-corrected chi connectivity index (χ2v) is 3.34. The van der Waals surface area contributed by atoms with Gasteiger partial charge in [-0.2, -0.15) is 0 Å². The summed E-state index contributed by atoms with van der Waals surface area (Å²) in [7, 11) is 0. The lowest BCUT2D eigenvalue weighted by molar-refractivity contribution is -0.140. The number of nitrogens with two attached hydrogens (primary N) is 1. The van der Waals surface area contributed by atoms with Crippen LogP contribution >= 0.6 is 0 Å². The summed E-state index contributed by atoms with van der Waals surface area (Å²) in [5.74, 6) is -1.78. The second kappa shape index (κ2) is 5.27. The van der Waals surface area contributed by atoms with Crippen molar-refractivity contribution in [1.82, 2.24) is 0 Å².